The second kappa shape index (κ2) is 7.90. The Morgan fingerprint density at radius 2 is 1.84 bits per heavy atom. The second-order valence-corrected chi connectivity index (χ2v) is 5.77. The first kappa shape index (κ1) is 17.1. The number of hydrogen-bond donors (Lipinski definition) is 1. The monoisotopic (exact) mass is 342 g/mol. The van der Waals surface area contributed by atoms with Gasteiger partial charge in [-0.1, -0.05) is 42.5 Å². The second-order valence-electron chi connectivity index (χ2n) is 5.77. The molecule has 130 valence electrons. The third-order valence-electron chi connectivity index (χ3n) is 4.11. The molecule has 0 radical (unpaired) electrons. The highest BCUT2D eigenvalue weighted by molar-refractivity contribution is 5.96. The van der Waals surface area contributed by atoms with Crippen LogP contribution in [-0.4, -0.2) is 43.0 Å². The Hall–Kier alpha value is -2.73. The zero-order chi connectivity index (χ0) is 17.6. The van der Waals surface area contributed by atoms with Gasteiger partial charge in [-0.2, -0.15) is 0 Å². The number of nitrogens with zero attached hydrogens (tertiary/aromatic N) is 1. The maximum Gasteiger partial charge on any atom is 0.254 e. The summed E-state index contributed by atoms with van der Waals surface area (Å²) in [7, 11) is 0. The Balaban J connectivity index is 1.56. The molecule has 1 aliphatic heterocycles. The maximum atomic E-state index is 13.6. The van der Waals surface area contributed by atoms with E-state index in [-0.39, 0.29) is 24.1 Å². The molecule has 2 aromatic rings. The van der Waals surface area contributed by atoms with Gasteiger partial charge in [0, 0.05) is 6.54 Å². The SMILES string of the molecule is O=C(NCC(=O)N1CCO[C@H](c2ccccc2)C1)c1ccccc1F. The van der Waals surface area contributed by atoms with Crippen molar-refractivity contribution in [2.75, 3.05) is 26.2 Å². The van der Waals surface area contributed by atoms with Crippen LogP contribution in [0.5, 0.6) is 0 Å². The first-order valence-electron chi connectivity index (χ1n) is 8.12. The van der Waals surface area contributed by atoms with Crippen LogP contribution in [0.25, 0.3) is 0 Å². The van der Waals surface area contributed by atoms with Gasteiger partial charge in [-0.25, -0.2) is 4.39 Å². The van der Waals surface area contributed by atoms with Crippen molar-refractivity contribution in [2.45, 2.75) is 6.10 Å². The molecule has 1 heterocycles. The maximum absolute atomic E-state index is 13.6. The van der Waals surface area contributed by atoms with E-state index in [1.807, 2.05) is 30.3 Å². The Bertz CT molecular complexity index is 751. The molecule has 0 spiro atoms. The van der Waals surface area contributed by atoms with Crippen molar-refractivity contribution in [3.8, 4) is 0 Å². The smallest absolute Gasteiger partial charge is 0.254 e. The van der Waals surface area contributed by atoms with Gasteiger partial charge in [-0.15, -0.1) is 0 Å². The van der Waals surface area contributed by atoms with Gasteiger partial charge in [0.25, 0.3) is 5.91 Å². The number of morpholine rings is 1. The molecule has 0 unspecified atom stereocenters. The van der Waals surface area contributed by atoms with Crippen molar-refractivity contribution in [2.24, 2.45) is 0 Å². The highest BCUT2D eigenvalue weighted by atomic mass is 19.1. The Kier molecular flexibility index (Phi) is 5.40. The number of carbonyl (C=O) groups is 2. The van der Waals surface area contributed by atoms with E-state index in [2.05, 4.69) is 5.32 Å². The lowest BCUT2D eigenvalue weighted by Crippen LogP contribution is -2.46. The molecule has 0 aromatic heterocycles. The minimum atomic E-state index is -0.608. The summed E-state index contributed by atoms with van der Waals surface area (Å²) in [6.45, 7) is 1.16. The fourth-order valence-electron chi connectivity index (χ4n) is 2.75. The molecule has 1 N–H and O–H groups in total. The number of rotatable bonds is 4. The van der Waals surface area contributed by atoms with Crippen LogP contribution in [0.3, 0.4) is 0 Å². The molecule has 6 heteroatoms. The summed E-state index contributed by atoms with van der Waals surface area (Å²) < 4.78 is 19.3. The average Bonchev–Trinajstić information content (AvgIpc) is 2.67. The summed E-state index contributed by atoms with van der Waals surface area (Å²) in [6.07, 6.45) is -0.179. The third-order valence-corrected chi connectivity index (χ3v) is 4.11. The van der Waals surface area contributed by atoms with E-state index in [1.54, 1.807) is 11.0 Å². The molecular formula is C19H19FN2O3. The predicted molar refractivity (Wildman–Crippen MR) is 90.4 cm³/mol. The van der Waals surface area contributed by atoms with Crippen molar-refractivity contribution in [3.63, 3.8) is 0 Å². The van der Waals surface area contributed by atoms with Crippen LogP contribution < -0.4 is 5.32 Å². The molecule has 5 nitrogen and oxygen atoms in total. The number of amides is 2. The lowest BCUT2D eigenvalue weighted by atomic mass is 10.1. The van der Waals surface area contributed by atoms with Crippen molar-refractivity contribution in [1.29, 1.82) is 0 Å². The van der Waals surface area contributed by atoms with Gasteiger partial charge in [-0.05, 0) is 17.7 Å². The number of ether oxygens (including phenoxy) is 1. The summed E-state index contributed by atoms with van der Waals surface area (Å²) >= 11 is 0. The third kappa shape index (κ3) is 4.22. The molecule has 1 aliphatic rings. The van der Waals surface area contributed by atoms with Crippen LogP contribution in [0.15, 0.2) is 54.6 Å². The topological polar surface area (TPSA) is 58.6 Å². The minimum absolute atomic E-state index is 0.0700. The molecule has 0 saturated carbocycles. The normalized spacial score (nSPS) is 17.2. The Morgan fingerprint density at radius 3 is 2.60 bits per heavy atom. The van der Waals surface area contributed by atoms with E-state index in [0.717, 1.165) is 5.56 Å². The largest absolute Gasteiger partial charge is 0.370 e. The molecular weight excluding hydrogens is 323 g/mol. The average molecular weight is 342 g/mol. The molecule has 3 rings (SSSR count). The number of nitrogens with one attached hydrogen (secondary N) is 1. The fourth-order valence-corrected chi connectivity index (χ4v) is 2.75. The first-order valence-corrected chi connectivity index (χ1v) is 8.12. The summed E-state index contributed by atoms with van der Waals surface area (Å²) in [4.78, 5) is 26.0. The van der Waals surface area contributed by atoms with Crippen LogP contribution in [-0.2, 0) is 9.53 Å². The molecule has 2 amide bonds. The van der Waals surface area contributed by atoms with Gasteiger partial charge in [0.05, 0.1) is 25.3 Å². The molecule has 0 aliphatic carbocycles. The lowest BCUT2D eigenvalue weighted by molar-refractivity contribution is -0.137. The van der Waals surface area contributed by atoms with Gasteiger partial charge in [0.15, 0.2) is 0 Å². The lowest BCUT2D eigenvalue weighted by Gasteiger charge is -2.33. The number of hydrogen-bond acceptors (Lipinski definition) is 3. The molecule has 1 saturated heterocycles. The van der Waals surface area contributed by atoms with E-state index in [1.165, 1.54) is 18.2 Å². The van der Waals surface area contributed by atoms with Crippen LogP contribution in [0.2, 0.25) is 0 Å². The van der Waals surface area contributed by atoms with E-state index in [4.69, 9.17) is 4.74 Å². The van der Waals surface area contributed by atoms with E-state index in [9.17, 15) is 14.0 Å². The van der Waals surface area contributed by atoms with Crippen LogP contribution in [0.1, 0.15) is 22.0 Å². The highest BCUT2D eigenvalue weighted by Crippen LogP contribution is 2.21. The first-order chi connectivity index (χ1) is 12.1. The van der Waals surface area contributed by atoms with Crippen molar-refractivity contribution < 1.29 is 18.7 Å². The van der Waals surface area contributed by atoms with E-state index < -0.39 is 11.7 Å². The molecule has 1 fully saturated rings. The minimum Gasteiger partial charge on any atom is -0.370 e. The van der Waals surface area contributed by atoms with Crippen molar-refractivity contribution >= 4 is 11.8 Å². The zero-order valence-electron chi connectivity index (χ0n) is 13.7. The standard InChI is InChI=1S/C19H19FN2O3/c20-16-9-5-4-8-15(16)19(24)21-12-18(23)22-10-11-25-17(13-22)14-6-2-1-3-7-14/h1-9,17H,10-13H2,(H,21,24)/t17-/m0/s1. The summed E-state index contributed by atoms with van der Waals surface area (Å²) in [5.74, 6) is -1.42. The summed E-state index contributed by atoms with van der Waals surface area (Å²) in [5, 5.41) is 2.48. The number of benzene rings is 2. The van der Waals surface area contributed by atoms with Crippen LogP contribution >= 0.6 is 0 Å². The Morgan fingerprint density at radius 1 is 1.12 bits per heavy atom. The zero-order valence-corrected chi connectivity index (χ0v) is 13.7. The summed E-state index contributed by atoms with van der Waals surface area (Å²) in [6, 6.07) is 15.4. The highest BCUT2D eigenvalue weighted by Gasteiger charge is 2.25. The van der Waals surface area contributed by atoms with E-state index in [0.29, 0.717) is 19.7 Å². The number of carbonyl (C=O) groups excluding carboxylic acids is 2. The van der Waals surface area contributed by atoms with Crippen LogP contribution in [0, 0.1) is 5.82 Å². The molecule has 25 heavy (non-hydrogen) atoms. The van der Waals surface area contributed by atoms with Gasteiger partial charge in [0.1, 0.15) is 11.9 Å². The predicted octanol–water partition coefficient (Wildman–Crippen LogP) is 2.16. The van der Waals surface area contributed by atoms with E-state index >= 15 is 0 Å². The van der Waals surface area contributed by atoms with Crippen molar-refractivity contribution in [1.82, 2.24) is 10.2 Å². The van der Waals surface area contributed by atoms with Gasteiger partial charge in [0.2, 0.25) is 5.91 Å². The van der Waals surface area contributed by atoms with Gasteiger partial charge in [-0.3, -0.25) is 9.59 Å². The molecule has 0 bridgehead atoms. The summed E-state index contributed by atoms with van der Waals surface area (Å²) in [5.41, 5.74) is 0.940. The van der Waals surface area contributed by atoms with Crippen molar-refractivity contribution in [3.05, 3.63) is 71.5 Å². The number of halogens is 1. The van der Waals surface area contributed by atoms with Gasteiger partial charge >= 0.3 is 0 Å². The van der Waals surface area contributed by atoms with Crippen LogP contribution in [0.4, 0.5) is 4.39 Å². The Labute approximate surface area is 145 Å². The quantitative estimate of drug-likeness (QED) is 0.926. The van der Waals surface area contributed by atoms with Gasteiger partial charge < -0.3 is 15.0 Å². The molecule has 1 atom stereocenters. The fraction of sp³-hybridized carbons (Fsp3) is 0.263. The molecule has 2 aromatic carbocycles.